The Kier molecular flexibility index (Phi) is 5.36. The van der Waals surface area contributed by atoms with Crippen molar-refractivity contribution in [1.82, 2.24) is 20.3 Å². The highest BCUT2D eigenvalue weighted by molar-refractivity contribution is 5.77. The fourth-order valence-corrected chi connectivity index (χ4v) is 3.18. The average molecular weight is 360 g/mol. The number of aliphatic hydroxyl groups is 1. The molecular formula is C18H24N4O4. The van der Waals surface area contributed by atoms with E-state index in [-0.39, 0.29) is 18.6 Å². The molecule has 1 aliphatic heterocycles. The molecule has 0 amide bonds. The van der Waals surface area contributed by atoms with Crippen molar-refractivity contribution in [3.8, 4) is 0 Å². The lowest BCUT2D eigenvalue weighted by atomic mass is 10.0. The van der Waals surface area contributed by atoms with Crippen molar-refractivity contribution in [2.24, 2.45) is 0 Å². The van der Waals surface area contributed by atoms with Crippen LogP contribution >= 0.6 is 0 Å². The van der Waals surface area contributed by atoms with Crippen LogP contribution in [0.2, 0.25) is 0 Å². The molecule has 1 fully saturated rings. The maximum atomic E-state index is 12.5. The summed E-state index contributed by atoms with van der Waals surface area (Å²) >= 11 is 0. The fourth-order valence-electron chi connectivity index (χ4n) is 3.18. The highest BCUT2D eigenvalue weighted by Crippen LogP contribution is 2.28. The van der Waals surface area contributed by atoms with Crippen LogP contribution < -0.4 is 5.32 Å². The molecule has 1 saturated heterocycles. The standard InChI is InChI=1S/C18H24N4O4/c1-18(2,24)14-10-20-21-22(14)13-9-19-15(16(13)25-3)17(23)26-11-12-7-5-4-6-8-12/h4-8,10,13,15-16,19,24H,9,11H2,1-3H3/t13-,15+,16+/m1/s1. The predicted octanol–water partition coefficient (Wildman–Crippen LogP) is 0.777. The molecule has 0 unspecified atom stereocenters. The van der Waals surface area contributed by atoms with Crippen LogP contribution in [0.25, 0.3) is 0 Å². The van der Waals surface area contributed by atoms with Gasteiger partial charge in [0.05, 0.1) is 17.9 Å². The van der Waals surface area contributed by atoms with Crippen LogP contribution in [0.3, 0.4) is 0 Å². The lowest BCUT2D eigenvalue weighted by molar-refractivity contribution is -0.150. The van der Waals surface area contributed by atoms with Gasteiger partial charge in [0.1, 0.15) is 24.4 Å². The first-order valence-electron chi connectivity index (χ1n) is 8.51. The minimum absolute atomic E-state index is 0.206. The molecule has 0 aliphatic carbocycles. The topological polar surface area (TPSA) is 98.5 Å². The molecular weight excluding hydrogens is 336 g/mol. The normalized spacial score (nSPS) is 23.2. The minimum Gasteiger partial charge on any atom is -0.460 e. The van der Waals surface area contributed by atoms with Gasteiger partial charge in [0.25, 0.3) is 0 Å². The zero-order valence-corrected chi connectivity index (χ0v) is 15.1. The summed E-state index contributed by atoms with van der Waals surface area (Å²) in [4.78, 5) is 12.5. The molecule has 2 heterocycles. The average Bonchev–Trinajstić information content (AvgIpc) is 3.26. The van der Waals surface area contributed by atoms with Crippen LogP contribution in [0, 0.1) is 0 Å². The van der Waals surface area contributed by atoms with E-state index in [1.807, 2.05) is 30.3 Å². The van der Waals surface area contributed by atoms with Gasteiger partial charge in [0.15, 0.2) is 0 Å². The lowest BCUT2D eigenvalue weighted by Gasteiger charge is -2.25. The van der Waals surface area contributed by atoms with E-state index < -0.39 is 17.7 Å². The van der Waals surface area contributed by atoms with E-state index in [1.165, 1.54) is 6.20 Å². The van der Waals surface area contributed by atoms with Gasteiger partial charge in [-0.2, -0.15) is 0 Å². The number of esters is 1. The molecule has 3 atom stereocenters. The molecule has 1 aliphatic rings. The first-order valence-corrected chi connectivity index (χ1v) is 8.51. The summed E-state index contributed by atoms with van der Waals surface area (Å²) in [6.07, 6.45) is 1.04. The van der Waals surface area contributed by atoms with Crippen molar-refractivity contribution in [3.63, 3.8) is 0 Å². The van der Waals surface area contributed by atoms with Gasteiger partial charge >= 0.3 is 5.97 Å². The van der Waals surface area contributed by atoms with Gasteiger partial charge in [-0.15, -0.1) is 5.10 Å². The number of rotatable bonds is 6. The maximum Gasteiger partial charge on any atom is 0.326 e. The highest BCUT2D eigenvalue weighted by atomic mass is 16.5. The van der Waals surface area contributed by atoms with Crippen LogP contribution in [0.4, 0.5) is 0 Å². The fraction of sp³-hybridized carbons (Fsp3) is 0.500. The Morgan fingerprint density at radius 2 is 2.12 bits per heavy atom. The summed E-state index contributed by atoms with van der Waals surface area (Å²) in [5.41, 5.74) is 0.378. The summed E-state index contributed by atoms with van der Waals surface area (Å²) in [5, 5.41) is 21.4. The van der Waals surface area contributed by atoms with E-state index in [4.69, 9.17) is 9.47 Å². The predicted molar refractivity (Wildman–Crippen MR) is 93.1 cm³/mol. The van der Waals surface area contributed by atoms with Gasteiger partial charge in [0.2, 0.25) is 0 Å². The molecule has 140 valence electrons. The third-order valence-corrected chi connectivity index (χ3v) is 4.52. The van der Waals surface area contributed by atoms with Crippen LogP contribution in [0.5, 0.6) is 0 Å². The molecule has 3 rings (SSSR count). The summed E-state index contributed by atoms with van der Waals surface area (Å²) < 4.78 is 12.6. The second-order valence-corrected chi connectivity index (χ2v) is 6.87. The van der Waals surface area contributed by atoms with E-state index in [0.29, 0.717) is 12.2 Å². The van der Waals surface area contributed by atoms with E-state index in [0.717, 1.165) is 5.56 Å². The number of hydrogen-bond acceptors (Lipinski definition) is 7. The Balaban J connectivity index is 1.71. The van der Waals surface area contributed by atoms with Gasteiger partial charge in [0, 0.05) is 13.7 Å². The molecule has 8 heteroatoms. The van der Waals surface area contributed by atoms with E-state index >= 15 is 0 Å². The van der Waals surface area contributed by atoms with E-state index in [1.54, 1.807) is 25.6 Å². The third kappa shape index (κ3) is 3.77. The molecule has 0 saturated carbocycles. The molecule has 1 aromatic carbocycles. The number of methoxy groups -OCH3 is 1. The lowest BCUT2D eigenvalue weighted by Crippen LogP contribution is -2.42. The number of nitrogens with one attached hydrogen (secondary N) is 1. The van der Waals surface area contributed by atoms with Crippen molar-refractivity contribution in [2.75, 3.05) is 13.7 Å². The minimum atomic E-state index is -1.10. The second kappa shape index (κ2) is 7.53. The van der Waals surface area contributed by atoms with Gasteiger partial charge in [-0.05, 0) is 19.4 Å². The van der Waals surface area contributed by atoms with Gasteiger partial charge in [-0.1, -0.05) is 35.5 Å². The van der Waals surface area contributed by atoms with Crippen LogP contribution in [0.1, 0.15) is 31.1 Å². The molecule has 0 spiro atoms. The molecule has 1 aromatic heterocycles. The number of benzene rings is 1. The molecule has 0 bridgehead atoms. The van der Waals surface area contributed by atoms with E-state index in [2.05, 4.69) is 15.6 Å². The monoisotopic (exact) mass is 360 g/mol. The SMILES string of the molecule is CO[C@@H]1[C@@H](C(=O)OCc2ccccc2)NC[C@H]1n1nncc1C(C)(C)O. The summed E-state index contributed by atoms with van der Waals surface area (Å²) in [5.74, 6) is -0.381. The van der Waals surface area contributed by atoms with Gasteiger partial charge in [-0.3, -0.25) is 10.1 Å². The first-order chi connectivity index (χ1) is 12.4. The molecule has 8 nitrogen and oxygen atoms in total. The first kappa shape index (κ1) is 18.5. The maximum absolute atomic E-state index is 12.5. The molecule has 0 radical (unpaired) electrons. The Hall–Kier alpha value is -2.29. The van der Waals surface area contributed by atoms with Crippen molar-refractivity contribution < 1.29 is 19.4 Å². The Morgan fingerprint density at radius 1 is 1.38 bits per heavy atom. The quantitative estimate of drug-likeness (QED) is 0.735. The van der Waals surface area contributed by atoms with Crippen molar-refractivity contribution in [3.05, 3.63) is 47.8 Å². The molecule has 2 aromatic rings. The van der Waals surface area contributed by atoms with Crippen molar-refractivity contribution in [1.29, 1.82) is 0 Å². The van der Waals surface area contributed by atoms with E-state index in [9.17, 15) is 9.90 Å². The number of carbonyl (C=O) groups excluding carboxylic acids is 1. The Labute approximate surface area is 152 Å². The van der Waals surface area contributed by atoms with Gasteiger partial charge in [-0.25, -0.2) is 4.68 Å². The Morgan fingerprint density at radius 3 is 2.77 bits per heavy atom. The largest absolute Gasteiger partial charge is 0.460 e. The second-order valence-electron chi connectivity index (χ2n) is 6.87. The van der Waals surface area contributed by atoms with Gasteiger partial charge < -0.3 is 14.6 Å². The van der Waals surface area contributed by atoms with Crippen LogP contribution in [-0.2, 0) is 26.5 Å². The number of carbonyl (C=O) groups is 1. The zero-order valence-electron chi connectivity index (χ0n) is 15.1. The number of nitrogens with zero attached hydrogens (tertiary/aromatic N) is 3. The van der Waals surface area contributed by atoms with Crippen LogP contribution in [0.15, 0.2) is 36.5 Å². The summed E-state index contributed by atoms with van der Waals surface area (Å²) in [6.45, 7) is 3.99. The van der Waals surface area contributed by atoms with Crippen molar-refractivity contribution >= 4 is 5.97 Å². The Bertz CT molecular complexity index is 741. The molecule has 26 heavy (non-hydrogen) atoms. The van der Waals surface area contributed by atoms with Crippen LogP contribution in [-0.4, -0.2) is 51.9 Å². The summed E-state index contributed by atoms with van der Waals surface area (Å²) in [6, 6.07) is 8.61. The number of ether oxygens (including phenoxy) is 2. The number of aromatic nitrogens is 3. The smallest absolute Gasteiger partial charge is 0.326 e. The highest BCUT2D eigenvalue weighted by Gasteiger charge is 2.44. The molecule has 2 N–H and O–H groups in total. The van der Waals surface area contributed by atoms with Crippen molar-refractivity contribution in [2.45, 2.75) is 44.2 Å². The third-order valence-electron chi connectivity index (χ3n) is 4.52. The summed E-state index contributed by atoms with van der Waals surface area (Å²) in [7, 11) is 1.54. The number of hydrogen-bond donors (Lipinski definition) is 2. The zero-order chi connectivity index (χ0) is 18.7.